The van der Waals surface area contributed by atoms with Crippen LogP contribution in [-0.2, 0) is 13.6 Å². The van der Waals surface area contributed by atoms with Gasteiger partial charge in [0.15, 0.2) is 0 Å². The van der Waals surface area contributed by atoms with Crippen LogP contribution >= 0.6 is 38.5 Å². The van der Waals surface area contributed by atoms with Gasteiger partial charge in [0.1, 0.15) is 0 Å². The van der Waals surface area contributed by atoms with Crippen LogP contribution in [-0.4, -0.2) is 9.13 Å². The van der Waals surface area contributed by atoms with Gasteiger partial charge in [0, 0.05) is 17.7 Å². The zero-order valence-electron chi connectivity index (χ0n) is 9.56. The molecule has 0 unspecified atom stereocenters. The molecule has 4 nitrogen and oxygen atoms in total. The van der Waals surface area contributed by atoms with E-state index in [4.69, 9.17) is 0 Å². The van der Waals surface area contributed by atoms with Crippen molar-refractivity contribution in [3.63, 3.8) is 0 Å². The summed E-state index contributed by atoms with van der Waals surface area (Å²) in [6, 6.07) is 7.54. The first-order valence-electron chi connectivity index (χ1n) is 5.19. The Morgan fingerprint density at radius 3 is 2.44 bits per heavy atom. The van der Waals surface area contributed by atoms with Crippen LogP contribution in [0, 0.1) is 3.57 Å². The standard InChI is InChI=1S/C12H10BrIN2O2/c1-15-7-10(14)11(17)16(12(15)18)6-8-2-4-9(13)5-3-8/h2-5,7H,6H2,1H3. The topological polar surface area (TPSA) is 44.0 Å². The number of halogens is 2. The molecule has 94 valence electrons. The van der Waals surface area contributed by atoms with E-state index in [1.807, 2.05) is 46.9 Å². The molecule has 0 N–H and O–H groups in total. The third-order valence-electron chi connectivity index (χ3n) is 2.54. The Bertz CT molecular complexity index is 654. The summed E-state index contributed by atoms with van der Waals surface area (Å²) >= 11 is 5.29. The number of hydrogen-bond donors (Lipinski definition) is 0. The highest BCUT2D eigenvalue weighted by molar-refractivity contribution is 14.1. The monoisotopic (exact) mass is 420 g/mol. The van der Waals surface area contributed by atoms with Crippen molar-refractivity contribution in [3.05, 3.63) is 64.9 Å². The third-order valence-corrected chi connectivity index (χ3v) is 3.81. The first kappa shape index (κ1) is 13.5. The second-order valence-electron chi connectivity index (χ2n) is 3.89. The summed E-state index contributed by atoms with van der Waals surface area (Å²) in [5, 5.41) is 0. The minimum Gasteiger partial charge on any atom is -0.302 e. The molecular formula is C12H10BrIN2O2. The molecule has 0 fully saturated rings. The van der Waals surface area contributed by atoms with Gasteiger partial charge in [-0.1, -0.05) is 28.1 Å². The van der Waals surface area contributed by atoms with Crippen molar-refractivity contribution in [3.8, 4) is 0 Å². The molecule has 0 atom stereocenters. The molecular weight excluding hydrogens is 411 g/mol. The van der Waals surface area contributed by atoms with Crippen LogP contribution in [0.5, 0.6) is 0 Å². The SMILES string of the molecule is Cn1cc(I)c(=O)n(Cc2ccc(Br)cc2)c1=O. The molecule has 1 heterocycles. The maximum absolute atomic E-state index is 11.9. The highest BCUT2D eigenvalue weighted by Gasteiger charge is 2.08. The average Bonchev–Trinajstić information content (AvgIpc) is 2.34. The van der Waals surface area contributed by atoms with Gasteiger partial charge in [-0.05, 0) is 40.3 Å². The van der Waals surface area contributed by atoms with E-state index in [-0.39, 0.29) is 17.8 Å². The molecule has 0 saturated heterocycles. The zero-order valence-corrected chi connectivity index (χ0v) is 13.3. The minimum absolute atomic E-state index is 0.249. The fourth-order valence-corrected chi connectivity index (χ4v) is 2.57. The molecule has 0 amide bonds. The quantitative estimate of drug-likeness (QED) is 0.697. The zero-order chi connectivity index (χ0) is 13.3. The summed E-state index contributed by atoms with van der Waals surface area (Å²) in [5.41, 5.74) is 0.365. The van der Waals surface area contributed by atoms with Gasteiger partial charge in [0.2, 0.25) is 0 Å². The number of nitrogens with zero attached hydrogens (tertiary/aromatic N) is 2. The van der Waals surface area contributed by atoms with Gasteiger partial charge in [-0.25, -0.2) is 4.79 Å². The van der Waals surface area contributed by atoms with E-state index in [0.29, 0.717) is 3.57 Å². The van der Waals surface area contributed by atoms with Crippen molar-refractivity contribution in [2.45, 2.75) is 6.54 Å². The van der Waals surface area contributed by atoms with Crippen molar-refractivity contribution in [2.75, 3.05) is 0 Å². The lowest BCUT2D eigenvalue weighted by atomic mass is 10.2. The maximum Gasteiger partial charge on any atom is 0.331 e. The van der Waals surface area contributed by atoms with Crippen LogP contribution in [0.2, 0.25) is 0 Å². The minimum atomic E-state index is -0.302. The average molecular weight is 421 g/mol. The lowest BCUT2D eigenvalue weighted by Crippen LogP contribution is -2.40. The van der Waals surface area contributed by atoms with Crippen LogP contribution in [0.1, 0.15) is 5.56 Å². The number of aromatic nitrogens is 2. The van der Waals surface area contributed by atoms with Gasteiger partial charge >= 0.3 is 5.69 Å². The van der Waals surface area contributed by atoms with E-state index in [2.05, 4.69) is 15.9 Å². The Labute approximate surface area is 126 Å². The summed E-state index contributed by atoms with van der Waals surface area (Å²) in [7, 11) is 1.64. The lowest BCUT2D eigenvalue weighted by molar-refractivity contribution is 0.634. The van der Waals surface area contributed by atoms with Gasteiger partial charge in [-0.15, -0.1) is 0 Å². The normalized spacial score (nSPS) is 10.6. The van der Waals surface area contributed by atoms with Crippen LogP contribution in [0.15, 0.2) is 44.5 Å². The lowest BCUT2D eigenvalue weighted by Gasteiger charge is -2.08. The van der Waals surface area contributed by atoms with E-state index in [0.717, 1.165) is 10.0 Å². The van der Waals surface area contributed by atoms with Crippen LogP contribution in [0.25, 0.3) is 0 Å². The molecule has 0 spiro atoms. The van der Waals surface area contributed by atoms with E-state index >= 15 is 0 Å². The van der Waals surface area contributed by atoms with E-state index in [9.17, 15) is 9.59 Å². The van der Waals surface area contributed by atoms with Crippen LogP contribution in [0.4, 0.5) is 0 Å². The van der Waals surface area contributed by atoms with Crippen molar-refractivity contribution in [1.29, 1.82) is 0 Å². The third kappa shape index (κ3) is 2.74. The molecule has 1 aromatic heterocycles. The Balaban J connectivity index is 2.50. The van der Waals surface area contributed by atoms with Gasteiger partial charge in [0.25, 0.3) is 5.56 Å². The van der Waals surface area contributed by atoms with Crippen LogP contribution in [0.3, 0.4) is 0 Å². The fourth-order valence-electron chi connectivity index (χ4n) is 1.60. The van der Waals surface area contributed by atoms with Crippen LogP contribution < -0.4 is 11.2 Å². The molecule has 18 heavy (non-hydrogen) atoms. The molecule has 0 aliphatic rings. The number of hydrogen-bond acceptors (Lipinski definition) is 2. The van der Waals surface area contributed by atoms with E-state index in [1.165, 1.54) is 9.13 Å². The molecule has 2 rings (SSSR count). The first-order chi connectivity index (χ1) is 8.49. The predicted molar refractivity (Wildman–Crippen MR) is 81.9 cm³/mol. The summed E-state index contributed by atoms with van der Waals surface area (Å²) < 4.78 is 4.16. The predicted octanol–water partition coefficient (Wildman–Crippen LogP) is 1.96. The summed E-state index contributed by atoms with van der Waals surface area (Å²) in [6.45, 7) is 0.287. The summed E-state index contributed by atoms with van der Waals surface area (Å²) in [6.07, 6.45) is 1.54. The largest absolute Gasteiger partial charge is 0.331 e. The summed E-state index contributed by atoms with van der Waals surface area (Å²) in [5.74, 6) is 0. The Morgan fingerprint density at radius 2 is 1.83 bits per heavy atom. The van der Waals surface area contributed by atoms with Crippen molar-refractivity contribution in [2.24, 2.45) is 7.05 Å². The molecule has 0 radical (unpaired) electrons. The van der Waals surface area contributed by atoms with Crippen molar-refractivity contribution >= 4 is 38.5 Å². The van der Waals surface area contributed by atoms with Gasteiger partial charge in [0.05, 0.1) is 10.1 Å². The number of rotatable bonds is 2. The maximum atomic E-state index is 11.9. The molecule has 2 aromatic rings. The fraction of sp³-hybridized carbons (Fsp3) is 0.167. The first-order valence-corrected chi connectivity index (χ1v) is 7.06. The second-order valence-corrected chi connectivity index (χ2v) is 5.97. The molecule has 1 aromatic carbocycles. The highest BCUT2D eigenvalue weighted by atomic mass is 127. The Kier molecular flexibility index (Phi) is 4.06. The molecule has 0 saturated carbocycles. The Morgan fingerprint density at radius 1 is 1.22 bits per heavy atom. The van der Waals surface area contributed by atoms with E-state index in [1.54, 1.807) is 13.2 Å². The molecule has 0 bridgehead atoms. The van der Waals surface area contributed by atoms with Gasteiger partial charge < -0.3 is 4.57 Å². The molecule has 0 aliphatic heterocycles. The van der Waals surface area contributed by atoms with Crippen molar-refractivity contribution < 1.29 is 0 Å². The number of benzene rings is 1. The van der Waals surface area contributed by atoms with Crippen molar-refractivity contribution in [1.82, 2.24) is 9.13 Å². The second kappa shape index (κ2) is 5.40. The van der Waals surface area contributed by atoms with E-state index < -0.39 is 0 Å². The molecule has 0 aliphatic carbocycles. The highest BCUT2D eigenvalue weighted by Crippen LogP contribution is 2.10. The molecule has 6 heteroatoms. The summed E-state index contributed by atoms with van der Waals surface area (Å²) in [4.78, 5) is 23.9. The van der Waals surface area contributed by atoms with Gasteiger partial charge in [-0.2, -0.15) is 0 Å². The smallest absolute Gasteiger partial charge is 0.302 e. The van der Waals surface area contributed by atoms with Gasteiger partial charge in [-0.3, -0.25) is 9.36 Å². The number of aryl methyl sites for hydroxylation is 1. The Hall–Kier alpha value is -0.890.